The fourth-order valence-electron chi connectivity index (χ4n) is 2.09. The SMILES string of the molecule is CCc1cc(C(=O)NCC2CCCS2)cc(NN)n1. The molecule has 1 amide bonds. The van der Waals surface area contributed by atoms with E-state index in [-0.39, 0.29) is 5.91 Å². The Labute approximate surface area is 117 Å². The molecule has 2 heterocycles. The van der Waals surface area contributed by atoms with Crippen LogP contribution in [0.25, 0.3) is 0 Å². The standard InChI is InChI=1S/C13H20N4OS/c1-2-10-6-9(7-12(16-10)17-14)13(18)15-8-11-4-3-5-19-11/h6-7,11H,2-5,8,14H2,1H3,(H,15,18)(H,16,17). The largest absolute Gasteiger partial charge is 0.351 e. The van der Waals surface area contributed by atoms with Gasteiger partial charge in [-0.25, -0.2) is 10.8 Å². The highest BCUT2D eigenvalue weighted by atomic mass is 32.2. The van der Waals surface area contributed by atoms with Gasteiger partial charge < -0.3 is 10.7 Å². The van der Waals surface area contributed by atoms with Gasteiger partial charge in [-0.2, -0.15) is 11.8 Å². The summed E-state index contributed by atoms with van der Waals surface area (Å²) in [6.45, 7) is 2.73. The summed E-state index contributed by atoms with van der Waals surface area (Å²) in [5.41, 5.74) is 3.97. The first-order valence-electron chi connectivity index (χ1n) is 6.60. The summed E-state index contributed by atoms with van der Waals surface area (Å²) in [4.78, 5) is 16.4. The van der Waals surface area contributed by atoms with Gasteiger partial charge in [0.25, 0.3) is 5.91 Å². The third-order valence-electron chi connectivity index (χ3n) is 3.16. The van der Waals surface area contributed by atoms with Gasteiger partial charge in [-0.05, 0) is 37.1 Å². The highest BCUT2D eigenvalue weighted by molar-refractivity contribution is 8.00. The summed E-state index contributed by atoms with van der Waals surface area (Å²) in [5, 5.41) is 3.55. The molecule has 0 aliphatic carbocycles. The maximum absolute atomic E-state index is 12.1. The summed E-state index contributed by atoms with van der Waals surface area (Å²) in [7, 11) is 0. The van der Waals surface area contributed by atoms with E-state index in [9.17, 15) is 4.79 Å². The van der Waals surface area contributed by atoms with E-state index in [0.29, 0.717) is 16.6 Å². The van der Waals surface area contributed by atoms with Crippen LogP contribution >= 0.6 is 11.8 Å². The zero-order valence-corrected chi connectivity index (χ0v) is 11.9. The van der Waals surface area contributed by atoms with Crippen LogP contribution in [0.4, 0.5) is 5.82 Å². The van der Waals surface area contributed by atoms with E-state index in [1.807, 2.05) is 24.8 Å². The first-order chi connectivity index (χ1) is 9.22. The number of nitrogens with two attached hydrogens (primary N) is 1. The summed E-state index contributed by atoms with van der Waals surface area (Å²) >= 11 is 1.94. The first kappa shape index (κ1) is 14.1. The van der Waals surface area contributed by atoms with Crippen molar-refractivity contribution < 1.29 is 4.79 Å². The second-order valence-corrected chi connectivity index (χ2v) is 5.98. The molecule has 19 heavy (non-hydrogen) atoms. The Kier molecular flexibility index (Phi) is 5.04. The molecule has 1 fully saturated rings. The molecule has 1 aromatic heterocycles. The number of carbonyl (C=O) groups is 1. The lowest BCUT2D eigenvalue weighted by Gasteiger charge is -2.11. The van der Waals surface area contributed by atoms with Crippen molar-refractivity contribution in [2.45, 2.75) is 31.4 Å². The number of nitrogens with one attached hydrogen (secondary N) is 2. The van der Waals surface area contributed by atoms with Gasteiger partial charge in [-0.3, -0.25) is 4.79 Å². The van der Waals surface area contributed by atoms with E-state index in [0.717, 1.165) is 18.7 Å². The number of hydrogen-bond acceptors (Lipinski definition) is 5. The number of aryl methyl sites for hydroxylation is 1. The zero-order valence-electron chi connectivity index (χ0n) is 11.1. The van der Waals surface area contributed by atoms with Crippen LogP contribution in [0, 0.1) is 0 Å². The van der Waals surface area contributed by atoms with Gasteiger partial charge >= 0.3 is 0 Å². The van der Waals surface area contributed by atoms with E-state index in [2.05, 4.69) is 15.7 Å². The number of nitrogens with zero attached hydrogens (tertiary/aromatic N) is 1. The van der Waals surface area contributed by atoms with E-state index in [4.69, 9.17) is 5.84 Å². The van der Waals surface area contributed by atoms with Crippen LogP contribution in [-0.2, 0) is 6.42 Å². The van der Waals surface area contributed by atoms with Crippen LogP contribution < -0.4 is 16.6 Å². The Morgan fingerprint density at radius 1 is 1.58 bits per heavy atom. The van der Waals surface area contributed by atoms with Crippen molar-refractivity contribution in [3.05, 3.63) is 23.4 Å². The zero-order chi connectivity index (χ0) is 13.7. The van der Waals surface area contributed by atoms with Crippen molar-refractivity contribution in [2.24, 2.45) is 5.84 Å². The molecule has 0 radical (unpaired) electrons. The van der Waals surface area contributed by atoms with Crippen LogP contribution in [0.1, 0.15) is 35.8 Å². The Hall–Kier alpha value is -1.27. The Balaban J connectivity index is 2.00. The Bertz CT molecular complexity index is 424. The van der Waals surface area contributed by atoms with Gasteiger partial charge in [0, 0.05) is 23.1 Å². The molecule has 1 saturated heterocycles. The quantitative estimate of drug-likeness (QED) is 0.563. The molecule has 5 nitrogen and oxygen atoms in total. The highest BCUT2D eigenvalue weighted by Gasteiger charge is 2.17. The minimum atomic E-state index is -0.0545. The van der Waals surface area contributed by atoms with Crippen LogP contribution in [0.3, 0.4) is 0 Å². The minimum absolute atomic E-state index is 0.0545. The van der Waals surface area contributed by atoms with Crippen molar-refractivity contribution in [3.63, 3.8) is 0 Å². The average molecular weight is 280 g/mol. The molecule has 0 bridgehead atoms. The number of amides is 1. The van der Waals surface area contributed by atoms with Crippen LogP contribution in [0.2, 0.25) is 0 Å². The maximum atomic E-state index is 12.1. The number of pyridine rings is 1. The predicted molar refractivity (Wildman–Crippen MR) is 79.2 cm³/mol. The molecule has 2 rings (SSSR count). The highest BCUT2D eigenvalue weighted by Crippen LogP contribution is 2.25. The molecule has 0 saturated carbocycles. The number of nitrogen functional groups attached to an aromatic ring is 1. The van der Waals surface area contributed by atoms with Crippen molar-refractivity contribution >= 4 is 23.5 Å². The van der Waals surface area contributed by atoms with E-state index < -0.39 is 0 Å². The molecule has 6 heteroatoms. The number of carbonyl (C=O) groups excluding carboxylic acids is 1. The van der Waals surface area contributed by atoms with Crippen molar-refractivity contribution in [1.29, 1.82) is 0 Å². The normalized spacial score (nSPS) is 18.3. The fraction of sp³-hybridized carbons (Fsp3) is 0.538. The van der Waals surface area contributed by atoms with Crippen molar-refractivity contribution in [3.8, 4) is 0 Å². The molecule has 1 atom stereocenters. The lowest BCUT2D eigenvalue weighted by atomic mass is 10.1. The Morgan fingerprint density at radius 2 is 2.42 bits per heavy atom. The fourth-order valence-corrected chi connectivity index (χ4v) is 3.29. The minimum Gasteiger partial charge on any atom is -0.351 e. The van der Waals surface area contributed by atoms with Gasteiger partial charge in [0.2, 0.25) is 0 Å². The summed E-state index contributed by atoms with van der Waals surface area (Å²) in [5.74, 6) is 7.05. The molecule has 104 valence electrons. The van der Waals surface area contributed by atoms with Gasteiger partial charge in [0.1, 0.15) is 5.82 Å². The molecular formula is C13H20N4OS. The molecule has 1 aromatic rings. The van der Waals surface area contributed by atoms with E-state index in [1.165, 1.54) is 18.6 Å². The van der Waals surface area contributed by atoms with E-state index in [1.54, 1.807) is 6.07 Å². The van der Waals surface area contributed by atoms with E-state index >= 15 is 0 Å². The maximum Gasteiger partial charge on any atom is 0.251 e. The first-order valence-corrected chi connectivity index (χ1v) is 7.65. The second kappa shape index (κ2) is 6.77. The molecule has 0 aromatic carbocycles. The number of aromatic nitrogens is 1. The number of anilines is 1. The third kappa shape index (κ3) is 3.84. The summed E-state index contributed by atoms with van der Waals surface area (Å²) in [6.07, 6.45) is 3.22. The summed E-state index contributed by atoms with van der Waals surface area (Å²) in [6, 6.07) is 3.49. The number of hydrogen-bond donors (Lipinski definition) is 3. The van der Waals surface area contributed by atoms with Crippen LogP contribution in [0.15, 0.2) is 12.1 Å². The van der Waals surface area contributed by atoms with Crippen molar-refractivity contribution in [1.82, 2.24) is 10.3 Å². The molecule has 1 aliphatic heterocycles. The van der Waals surface area contributed by atoms with Crippen molar-refractivity contribution in [2.75, 3.05) is 17.7 Å². The van der Waals surface area contributed by atoms with Crippen LogP contribution in [0.5, 0.6) is 0 Å². The van der Waals surface area contributed by atoms with Gasteiger partial charge in [-0.1, -0.05) is 6.92 Å². The smallest absolute Gasteiger partial charge is 0.251 e. The lowest BCUT2D eigenvalue weighted by Crippen LogP contribution is -2.30. The number of thioether (sulfide) groups is 1. The van der Waals surface area contributed by atoms with Gasteiger partial charge in [-0.15, -0.1) is 0 Å². The molecule has 1 unspecified atom stereocenters. The van der Waals surface area contributed by atoms with Crippen LogP contribution in [-0.4, -0.2) is 28.4 Å². The second-order valence-electron chi connectivity index (χ2n) is 4.58. The lowest BCUT2D eigenvalue weighted by molar-refractivity contribution is 0.0953. The molecule has 4 N–H and O–H groups in total. The number of hydrazine groups is 1. The van der Waals surface area contributed by atoms with Gasteiger partial charge in [0.05, 0.1) is 0 Å². The average Bonchev–Trinajstić information content (AvgIpc) is 2.97. The Morgan fingerprint density at radius 3 is 3.05 bits per heavy atom. The third-order valence-corrected chi connectivity index (χ3v) is 4.56. The number of rotatable bonds is 5. The predicted octanol–water partition coefficient (Wildman–Crippen LogP) is 1.55. The molecular weight excluding hydrogens is 260 g/mol. The monoisotopic (exact) mass is 280 g/mol. The van der Waals surface area contributed by atoms with Gasteiger partial charge in [0.15, 0.2) is 0 Å². The molecule has 1 aliphatic rings. The summed E-state index contributed by atoms with van der Waals surface area (Å²) < 4.78 is 0. The molecule has 0 spiro atoms. The topological polar surface area (TPSA) is 80.0 Å².